The highest BCUT2D eigenvalue weighted by Gasteiger charge is 2.27. The van der Waals surface area contributed by atoms with Gasteiger partial charge in [0.2, 0.25) is 0 Å². The van der Waals surface area contributed by atoms with Crippen LogP contribution >= 0.6 is 0 Å². The van der Waals surface area contributed by atoms with Crippen LogP contribution in [0.4, 0.5) is 0 Å². The van der Waals surface area contributed by atoms with Crippen LogP contribution in [-0.2, 0) is 16.4 Å². The third-order valence-electron chi connectivity index (χ3n) is 3.47. The van der Waals surface area contributed by atoms with Crippen LogP contribution in [0.3, 0.4) is 0 Å². The van der Waals surface area contributed by atoms with Crippen LogP contribution in [0.5, 0.6) is 0 Å². The second-order valence-electron chi connectivity index (χ2n) is 5.38. The minimum absolute atomic E-state index is 0.125. The number of sulfone groups is 1. The predicted molar refractivity (Wildman–Crippen MR) is 74.4 cm³/mol. The molecule has 1 aliphatic rings. The van der Waals surface area contributed by atoms with E-state index in [1.165, 1.54) is 11.1 Å². The molecule has 0 saturated carbocycles. The van der Waals surface area contributed by atoms with E-state index < -0.39 is 9.84 Å². The molecule has 1 atom stereocenters. The van der Waals surface area contributed by atoms with Gasteiger partial charge in [-0.3, -0.25) is 0 Å². The molecule has 3 nitrogen and oxygen atoms in total. The van der Waals surface area contributed by atoms with Gasteiger partial charge in [-0.15, -0.1) is 0 Å². The molecule has 100 valence electrons. The smallest absolute Gasteiger partial charge is 0.151 e. The highest BCUT2D eigenvalue weighted by atomic mass is 32.2. The maximum Gasteiger partial charge on any atom is 0.151 e. The predicted octanol–water partition coefficient (Wildman–Crippen LogP) is 2.09. The molecule has 0 aromatic heterocycles. The van der Waals surface area contributed by atoms with Crippen molar-refractivity contribution in [1.29, 1.82) is 0 Å². The van der Waals surface area contributed by atoms with Crippen LogP contribution in [0, 0.1) is 0 Å². The van der Waals surface area contributed by atoms with E-state index in [0.717, 1.165) is 13.0 Å². The molecule has 1 aromatic rings. The average molecular weight is 267 g/mol. The molecule has 18 heavy (non-hydrogen) atoms. The lowest BCUT2D eigenvalue weighted by Gasteiger charge is -2.11. The van der Waals surface area contributed by atoms with Crippen molar-refractivity contribution in [2.24, 2.45) is 0 Å². The fraction of sp³-hybridized carbons (Fsp3) is 0.571. The Morgan fingerprint density at radius 2 is 1.94 bits per heavy atom. The topological polar surface area (TPSA) is 46.2 Å². The Kier molecular flexibility index (Phi) is 4.07. The molecule has 0 radical (unpaired) electrons. The van der Waals surface area contributed by atoms with Gasteiger partial charge < -0.3 is 5.32 Å². The maximum atomic E-state index is 11.3. The molecule has 1 N–H and O–H groups in total. The Hall–Kier alpha value is -0.870. The molecule has 4 heteroatoms. The van der Waals surface area contributed by atoms with Crippen LogP contribution in [0.25, 0.3) is 0 Å². The lowest BCUT2D eigenvalue weighted by atomic mass is 10.0. The first-order valence-corrected chi connectivity index (χ1v) is 8.31. The summed E-state index contributed by atoms with van der Waals surface area (Å²) in [5.41, 5.74) is 2.55. The monoisotopic (exact) mass is 267 g/mol. The summed E-state index contributed by atoms with van der Waals surface area (Å²) in [6.45, 7) is 5.10. The SMILES string of the molecule is CC(C)c1ccc(CN[C@@H]2CCS(=O)(=O)C2)cc1. The minimum atomic E-state index is -2.78. The summed E-state index contributed by atoms with van der Waals surface area (Å²) in [5, 5.41) is 3.32. The Labute approximate surface area is 110 Å². The lowest BCUT2D eigenvalue weighted by Crippen LogP contribution is -2.29. The van der Waals surface area contributed by atoms with Crippen LogP contribution in [0.1, 0.15) is 37.3 Å². The van der Waals surface area contributed by atoms with Crippen molar-refractivity contribution < 1.29 is 8.42 Å². The zero-order valence-corrected chi connectivity index (χ0v) is 11.8. The molecule has 1 fully saturated rings. The molecule has 1 aliphatic heterocycles. The van der Waals surface area contributed by atoms with Gasteiger partial charge in [0, 0.05) is 12.6 Å². The number of rotatable bonds is 4. The van der Waals surface area contributed by atoms with Gasteiger partial charge in [-0.2, -0.15) is 0 Å². The van der Waals surface area contributed by atoms with Gasteiger partial charge in [0.25, 0.3) is 0 Å². The highest BCUT2D eigenvalue weighted by Crippen LogP contribution is 2.15. The zero-order chi connectivity index (χ0) is 13.2. The standard InChI is InChI=1S/C14H21NO2S/c1-11(2)13-5-3-12(4-6-13)9-15-14-7-8-18(16,17)10-14/h3-6,11,14-15H,7-10H2,1-2H3/t14-/m1/s1. The summed E-state index contributed by atoms with van der Waals surface area (Å²) in [6, 6.07) is 8.65. The van der Waals surface area contributed by atoms with E-state index in [4.69, 9.17) is 0 Å². The molecule has 0 unspecified atom stereocenters. The van der Waals surface area contributed by atoms with Crippen LogP contribution < -0.4 is 5.32 Å². The first kappa shape index (κ1) is 13.6. The van der Waals surface area contributed by atoms with Crippen molar-refractivity contribution in [3.05, 3.63) is 35.4 Å². The molecule has 1 saturated heterocycles. The first-order valence-electron chi connectivity index (χ1n) is 6.49. The van der Waals surface area contributed by atoms with E-state index in [0.29, 0.717) is 11.7 Å². The Morgan fingerprint density at radius 3 is 2.44 bits per heavy atom. The second kappa shape index (κ2) is 5.41. The number of benzene rings is 1. The molecule has 0 bridgehead atoms. The normalized spacial score (nSPS) is 22.5. The third-order valence-corrected chi connectivity index (χ3v) is 5.24. The molecular weight excluding hydrogens is 246 g/mol. The first-order chi connectivity index (χ1) is 8.46. The third kappa shape index (κ3) is 3.56. The quantitative estimate of drug-likeness (QED) is 0.908. The van der Waals surface area contributed by atoms with Crippen LogP contribution in [-0.4, -0.2) is 26.0 Å². The van der Waals surface area contributed by atoms with Crippen LogP contribution in [0.15, 0.2) is 24.3 Å². The Bertz CT molecular complexity index is 491. The molecule has 0 aliphatic carbocycles. The minimum Gasteiger partial charge on any atom is -0.309 e. The van der Waals surface area contributed by atoms with E-state index >= 15 is 0 Å². The maximum absolute atomic E-state index is 11.3. The van der Waals surface area contributed by atoms with Gasteiger partial charge in [0.15, 0.2) is 9.84 Å². The molecular formula is C14H21NO2S. The van der Waals surface area contributed by atoms with E-state index in [2.05, 4.69) is 43.4 Å². The van der Waals surface area contributed by atoms with Gasteiger partial charge >= 0.3 is 0 Å². The van der Waals surface area contributed by atoms with Gasteiger partial charge in [-0.1, -0.05) is 38.1 Å². The summed E-state index contributed by atoms with van der Waals surface area (Å²) in [6.07, 6.45) is 0.742. The molecule has 2 rings (SSSR count). The fourth-order valence-corrected chi connectivity index (χ4v) is 3.95. The average Bonchev–Trinajstić information content (AvgIpc) is 2.67. The summed E-state index contributed by atoms with van der Waals surface area (Å²) >= 11 is 0. The lowest BCUT2D eigenvalue weighted by molar-refractivity contribution is 0.554. The zero-order valence-electron chi connectivity index (χ0n) is 11.0. The van der Waals surface area contributed by atoms with Crippen molar-refractivity contribution in [2.45, 2.75) is 38.8 Å². The Morgan fingerprint density at radius 1 is 1.28 bits per heavy atom. The fourth-order valence-electron chi connectivity index (χ4n) is 2.24. The van der Waals surface area contributed by atoms with Crippen molar-refractivity contribution in [1.82, 2.24) is 5.32 Å². The molecule has 1 aromatic carbocycles. The Balaban J connectivity index is 1.87. The van der Waals surface area contributed by atoms with E-state index in [9.17, 15) is 8.42 Å². The highest BCUT2D eigenvalue weighted by molar-refractivity contribution is 7.91. The number of hydrogen-bond donors (Lipinski definition) is 1. The molecule has 1 heterocycles. The van der Waals surface area contributed by atoms with Crippen molar-refractivity contribution in [3.63, 3.8) is 0 Å². The second-order valence-corrected chi connectivity index (χ2v) is 7.61. The van der Waals surface area contributed by atoms with Gasteiger partial charge in [0.1, 0.15) is 0 Å². The summed E-state index contributed by atoms with van der Waals surface area (Å²) in [7, 11) is -2.78. The van der Waals surface area contributed by atoms with Gasteiger partial charge in [-0.05, 0) is 23.5 Å². The summed E-state index contributed by atoms with van der Waals surface area (Å²) in [5.74, 6) is 1.17. The van der Waals surface area contributed by atoms with E-state index in [-0.39, 0.29) is 11.8 Å². The van der Waals surface area contributed by atoms with Crippen molar-refractivity contribution in [3.8, 4) is 0 Å². The van der Waals surface area contributed by atoms with Gasteiger partial charge in [-0.25, -0.2) is 8.42 Å². The summed E-state index contributed by atoms with van der Waals surface area (Å²) in [4.78, 5) is 0. The van der Waals surface area contributed by atoms with Crippen molar-refractivity contribution in [2.75, 3.05) is 11.5 Å². The van der Waals surface area contributed by atoms with E-state index in [1.807, 2.05) is 0 Å². The molecule has 0 spiro atoms. The van der Waals surface area contributed by atoms with Crippen molar-refractivity contribution >= 4 is 9.84 Å². The van der Waals surface area contributed by atoms with Gasteiger partial charge in [0.05, 0.1) is 11.5 Å². The largest absolute Gasteiger partial charge is 0.309 e. The molecule has 0 amide bonds. The number of hydrogen-bond acceptors (Lipinski definition) is 3. The summed E-state index contributed by atoms with van der Waals surface area (Å²) < 4.78 is 22.7. The van der Waals surface area contributed by atoms with Crippen LogP contribution in [0.2, 0.25) is 0 Å². The van der Waals surface area contributed by atoms with E-state index in [1.54, 1.807) is 0 Å². The number of nitrogens with one attached hydrogen (secondary N) is 1.